The molecule has 0 aliphatic carbocycles. The minimum Gasteiger partial charge on any atom is -0.504 e. The number of benzene rings is 1. The first-order valence-corrected chi connectivity index (χ1v) is 6.44. The molecule has 1 aromatic heterocycles. The minimum absolute atomic E-state index is 0.000185. The number of nitrogens with one attached hydrogen (secondary N) is 1. The van der Waals surface area contributed by atoms with E-state index in [1.807, 2.05) is 26.8 Å². The summed E-state index contributed by atoms with van der Waals surface area (Å²) in [6.07, 6.45) is 0. The number of nitrogens with zero attached hydrogens (tertiary/aromatic N) is 1. The Hall–Kier alpha value is -2.50. The number of aromatic hydroxyl groups is 1. The molecule has 0 aliphatic rings. The molecule has 112 valence electrons. The number of H-pyrrole nitrogens is 1. The van der Waals surface area contributed by atoms with Crippen molar-refractivity contribution in [1.82, 2.24) is 10.2 Å². The summed E-state index contributed by atoms with van der Waals surface area (Å²) in [4.78, 5) is 10.9. The zero-order chi connectivity index (χ0) is 15.8. The molecule has 0 unspecified atom stereocenters. The second-order valence-corrected chi connectivity index (χ2v) is 5.80. The van der Waals surface area contributed by atoms with Crippen LogP contribution in [0.1, 0.15) is 36.8 Å². The van der Waals surface area contributed by atoms with Gasteiger partial charge in [0.1, 0.15) is 5.69 Å². The number of aromatic nitrogens is 2. The number of methoxy groups -OCH3 is 1. The van der Waals surface area contributed by atoms with Crippen LogP contribution < -0.4 is 4.74 Å². The summed E-state index contributed by atoms with van der Waals surface area (Å²) in [6, 6.07) is 4.90. The molecule has 6 nitrogen and oxygen atoms in total. The highest BCUT2D eigenvalue weighted by atomic mass is 16.5. The van der Waals surface area contributed by atoms with Gasteiger partial charge in [-0.2, -0.15) is 5.10 Å². The molecule has 3 N–H and O–H groups in total. The summed E-state index contributed by atoms with van der Waals surface area (Å²) in [5, 5.41) is 25.5. The first-order chi connectivity index (χ1) is 9.74. The van der Waals surface area contributed by atoms with Gasteiger partial charge in [-0.15, -0.1) is 0 Å². The molecule has 0 radical (unpaired) electrons. The lowest BCUT2D eigenvalue weighted by atomic mass is 9.85. The lowest BCUT2D eigenvalue weighted by Crippen LogP contribution is -2.11. The van der Waals surface area contributed by atoms with Crippen LogP contribution in [0.3, 0.4) is 0 Å². The third-order valence-corrected chi connectivity index (χ3v) is 3.22. The van der Waals surface area contributed by atoms with Crippen molar-refractivity contribution >= 4 is 5.97 Å². The molecule has 0 fully saturated rings. The van der Waals surface area contributed by atoms with Crippen molar-refractivity contribution in [2.24, 2.45) is 0 Å². The Balaban J connectivity index is 2.64. The van der Waals surface area contributed by atoms with Crippen LogP contribution in [0.25, 0.3) is 11.3 Å². The number of carboxylic acid groups (broad SMARTS) is 1. The van der Waals surface area contributed by atoms with E-state index in [-0.39, 0.29) is 22.6 Å². The maximum Gasteiger partial charge on any atom is 0.353 e. The number of hydrogen-bond acceptors (Lipinski definition) is 4. The van der Waals surface area contributed by atoms with E-state index in [1.165, 1.54) is 13.2 Å². The Morgan fingerprint density at radius 1 is 1.29 bits per heavy atom. The van der Waals surface area contributed by atoms with Crippen LogP contribution in [-0.4, -0.2) is 33.5 Å². The second-order valence-electron chi connectivity index (χ2n) is 5.80. The summed E-state index contributed by atoms with van der Waals surface area (Å²) in [5.74, 6) is -0.824. The summed E-state index contributed by atoms with van der Waals surface area (Å²) in [6.45, 7) is 6.06. The van der Waals surface area contributed by atoms with Crippen LogP contribution in [0.4, 0.5) is 0 Å². The van der Waals surface area contributed by atoms with Crippen molar-refractivity contribution in [3.05, 3.63) is 29.5 Å². The van der Waals surface area contributed by atoms with E-state index in [4.69, 9.17) is 9.84 Å². The molecular weight excluding hydrogens is 272 g/mol. The molecule has 0 amide bonds. The standard InChI is InChI=1S/C15H18N2O4/c1-15(2,3)8-5-9(13(21-4)12(18)6-8)10-7-11(14(19)20)17-16-10/h5-7,18H,1-4H3,(H,16,17)(H,19,20). The number of phenolic OH excluding ortho intramolecular Hbond substituents is 1. The highest BCUT2D eigenvalue weighted by Gasteiger charge is 2.22. The van der Waals surface area contributed by atoms with Gasteiger partial charge in [-0.3, -0.25) is 5.10 Å². The normalized spacial score (nSPS) is 11.4. The summed E-state index contributed by atoms with van der Waals surface area (Å²) in [5.41, 5.74) is 1.66. The van der Waals surface area contributed by atoms with Crippen LogP contribution in [0.5, 0.6) is 11.5 Å². The molecule has 0 aliphatic heterocycles. The molecule has 0 bridgehead atoms. The Kier molecular flexibility index (Phi) is 3.63. The van der Waals surface area contributed by atoms with Crippen molar-refractivity contribution in [2.75, 3.05) is 7.11 Å². The molecule has 0 spiro atoms. The summed E-state index contributed by atoms with van der Waals surface area (Å²) >= 11 is 0. The predicted octanol–water partition coefficient (Wildman–Crippen LogP) is 2.79. The van der Waals surface area contributed by atoms with Gasteiger partial charge in [0, 0.05) is 5.56 Å². The third kappa shape index (κ3) is 2.84. The number of hydrogen-bond donors (Lipinski definition) is 3. The second kappa shape index (κ2) is 5.12. The number of ether oxygens (including phenoxy) is 1. The molecule has 0 atom stereocenters. The number of phenols is 1. The fraction of sp³-hybridized carbons (Fsp3) is 0.333. The van der Waals surface area contributed by atoms with Crippen molar-refractivity contribution in [3.63, 3.8) is 0 Å². The van der Waals surface area contributed by atoms with E-state index in [0.29, 0.717) is 11.3 Å². The summed E-state index contributed by atoms with van der Waals surface area (Å²) < 4.78 is 5.22. The lowest BCUT2D eigenvalue weighted by molar-refractivity contribution is 0.0690. The van der Waals surface area contributed by atoms with Crippen molar-refractivity contribution in [1.29, 1.82) is 0 Å². The quantitative estimate of drug-likeness (QED) is 0.807. The molecule has 1 aromatic carbocycles. The number of aromatic amines is 1. The van der Waals surface area contributed by atoms with Crippen LogP contribution in [0.15, 0.2) is 18.2 Å². The lowest BCUT2D eigenvalue weighted by Gasteiger charge is -2.21. The maximum atomic E-state index is 10.9. The smallest absolute Gasteiger partial charge is 0.353 e. The van der Waals surface area contributed by atoms with Crippen LogP contribution in [-0.2, 0) is 5.41 Å². The van der Waals surface area contributed by atoms with E-state index in [2.05, 4.69) is 10.2 Å². The average Bonchev–Trinajstić information content (AvgIpc) is 2.86. The van der Waals surface area contributed by atoms with Gasteiger partial charge in [-0.1, -0.05) is 20.8 Å². The fourth-order valence-corrected chi connectivity index (χ4v) is 2.02. The molecule has 6 heteroatoms. The number of rotatable bonds is 3. The number of carboxylic acids is 1. The Morgan fingerprint density at radius 3 is 2.43 bits per heavy atom. The van der Waals surface area contributed by atoms with Crippen LogP contribution in [0.2, 0.25) is 0 Å². The Bertz CT molecular complexity index is 683. The summed E-state index contributed by atoms with van der Waals surface area (Å²) in [7, 11) is 1.44. The maximum absolute atomic E-state index is 10.9. The first kappa shape index (κ1) is 14.9. The van der Waals surface area contributed by atoms with Crippen molar-refractivity contribution in [2.45, 2.75) is 26.2 Å². The van der Waals surface area contributed by atoms with E-state index in [9.17, 15) is 9.90 Å². The highest BCUT2D eigenvalue weighted by Crippen LogP contribution is 2.40. The van der Waals surface area contributed by atoms with Gasteiger partial charge in [-0.25, -0.2) is 4.79 Å². The van der Waals surface area contributed by atoms with E-state index >= 15 is 0 Å². The van der Waals surface area contributed by atoms with Crippen LogP contribution in [0, 0.1) is 0 Å². The molecule has 0 saturated carbocycles. The highest BCUT2D eigenvalue weighted by molar-refractivity contribution is 5.87. The average molecular weight is 290 g/mol. The molecule has 2 aromatic rings. The Morgan fingerprint density at radius 2 is 1.95 bits per heavy atom. The minimum atomic E-state index is -1.09. The van der Waals surface area contributed by atoms with Gasteiger partial charge in [0.15, 0.2) is 11.5 Å². The number of carbonyl (C=O) groups is 1. The molecule has 21 heavy (non-hydrogen) atoms. The van der Waals surface area contributed by atoms with Crippen molar-refractivity contribution < 1.29 is 19.7 Å². The van der Waals surface area contributed by atoms with E-state index in [1.54, 1.807) is 6.07 Å². The third-order valence-electron chi connectivity index (χ3n) is 3.22. The molecule has 1 heterocycles. The van der Waals surface area contributed by atoms with Gasteiger partial charge in [-0.05, 0) is 29.2 Å². The molecular formula is C15H18N2O4. The van der Waals surface area contributed by atoms with E-state index in [0.717, 1.165) is 5.56 Å². The van der Waals surface area contributed by atoms with Crippen molar-refractivity contribution in [3.8, 4) is 22.8 Å². The van der Waals surface area contributed by atoms with E-state index < -0.39 is 5.97 Å². The van der Waals surface area contributed by atoms with Gasteiger partial charge in [0.25, 0.3) is 0 Å². The monoisotopic (exact) mass is 290 g/mol. The first-order valence-electron chi connectivity index (χ1n) is 6.44. The zero-order valence-corrected chi connectivity index (χ0v) is 12.4. The topological polar surface area (TPSA) is 95.4 Å². The fourth-order valence-electron chi connectivity index (χ4n) is 2.02. The van der Waals surface area contributed by atoms with Gasteiger partial charge < -0.3 is 14.9 Å². The van der Waals surface area contributed by atoms with Gasteiger partial charge >= 0.3 is 5.97 Å². The van der Waals surface area contributed by atoms with Gasteiger partial charge in [0.05, 0.1) is 12.8 Å². The SMILES string of the molecule is COc1c(O)cc(C(C)(C)C)cc1-c1cc(C(=O)O)[nH]n1. The zero-order valence-electron chi connectivity index (χ0n) is 12.4. The van der Waals surface area contributed by atoms with Gasteiger partial charge in [0.2, 0.25) is 0 Å². The largest absolute Gasteiger partial charge is 0.504 e. The van der Waals surface area contributed by atoms with Crippen LogP contribution >= 0.6 is 0 Å². The molecule has 0 saturated heterocycles. The predicted molar refractivity (Wildman–Crippen MR) is 77.9 cm³/mol. The Labute approximate surface area is 122 Å². The molecule has 2 rings (SSSR count). The number of aromatic carboxylic acids is 1.